The highest BCUT2D eigenvalue weighted by atomic mass is 16.4. The molecule has 0 bridgehead atoms. The Morgan fingerprint density at radius 2 is 2.18 bits per heavy atom. The fourth-order valence-electron chi connectivity index (χ4n) is 2.58. The maximum absolute atomic E-state index is 11.0. The third kappa shape index (κ3) is 3.07. The molecule has 3 nitrogen and oxygen atoms in total. The molecular formula is C14H19NO2. The molecule has 0 aliphatic carbocycles. The van der Waals surface area contributed by atoms with Gasteiger partial charge in [0.05, 0.1) is 6.42 Å². The number of aliphatic carboxylic acids is 1. The molecule has 2 N–H and O–H groups in total. The maximum Gasteiger partial charge on any atom is 0.303 e. The molecule has 2 rings (SSSR count). The summed E-state index contributed by atoms with van der Waals surface area (Å²) >= 11 is 0. The van der Waals surface area contributed by atoms with E-state index in [-0.39, 0.29) is 12.3 Å². The Hall–Kier alpha value is -1.35. The second kappa shape index (κ2) is 5.32. The van der Waals surface area contributed by atoms with Crippen LogP contribution in [0.25, 0.3) is 0 Å². The molecule has 0 amide bonds. The molecule has 92 valence electrons. The van der Waals surface area contributed by atoms with E-state index in [0.29, 0.717) is 5.92 Å². The van der Waals surface area contributed by atoms with Crippen LogP contribution in [0.2, 0.25) is 0 Å². The van der Waals surface area contributed by atoms with Gasteiger partial charge < -0.3 is 10.4 Å². The van der Waals surface area contributed by atoms with Crippen molar-refractivity contribution in [2.45, 2.75) is 25.7 Å². The number of rotatable bonds is 4. The van der Waals surface area contributed by atoms with Crippen molar-refractivity contribution in [3.8, 4) is 0 Å². The summed E-state index contributed by atoms with van der Waals surface area (Å²) in [6.07, 6.45) is 1.31. The summed E-state index contributed by atoms with van der Waals surface area (Å²) < 4.78 is 0. The van der Waals surface area contributed by atoms with Crippen LogP contribution in [0.3, 0.4) is 0 Å². The highest BCUT2D eigenvalue weighted by molar-refractivity contribution is 5.68. The molecule has 1 aromatic carbocycles. The Bertz CT molecular complexity index is 380. The quantitative estimate of drug-likeness (QED) is 0.838. The SMILES string of the molecule is Cc1ccc(C(CC(=O)O)C2CCNC2)cc1. The van der Waals surface area contributed by atoms with Gasteiger partial charge in [-0.05, 0) is 43.8 Å². The number of benzene rings is 1. The van der Waals surface area contributed by atoms with Crippen molar-refractivity contribution >= 4 is 5.97 Å². The normalized spacial score (nSPS) is 21.4. The fraction of sp³-hybridized carbons (Fsp3) is 0.500. The minimum atomic E-state index is -0.706. The Kier molecular flexibility index (Phi) is 3.79. The summed E-state index contributed by atoms with van der Waals surface area (Å²) in [4.78, 5) is 11.0. The summed E-state index contributed by atoms with van der Waals surface area (Å²) in [6, 6.07) is 8.27. The number of nitrogens with one attached hydrogen (secondary N) is 1. The van der Waals surface area contributed by atoms with Crippen LogP contribution in [-0.2, 0) is 4.79 Å². The molecule has 17 heavy (non-hydrogen) atoms. The van der Waals surface area contributed by atoms with E-state index >= 15 is 0 Å². The van der Waals surface area contributed by atoms with Gasteiger partial charge in [0, 0.05) is 0 Å². The molecule has 1 aliphatic rings. The van der Waals surface area contributed by atoms with Crippen molar-refractivity contribution in [2.75, 3.05) is 13.1 Å². The monoisotopic (exact) mass is 233 g/mol. The first kappa shape index (κ1) is 12.1. The van der Waals surface area contributed by atoms with Gasteiger partial charge in [-0.3, -0.25) is 4.79 Å². The number of carboxylic acids is 1. The van der Waals surface area contributed by atoms with Crippen molar-refractivity contribution in [2.24, 2.45) is 5.92 Å². The van der Waals surface area contributed by atoms with E-state index in [1.165, 1.54) is 5.56 Å². The van der Waals surface area contributed by atoms with Crippen LogP contribution in [0, 0.1) is 12.8 Å². The van der Waals surface area contributed by atoms with E-state index in [1.807, 2.05) is 6.92 Å². The second-order valence-electron chi connectivity index (χ2n) is 4.87. The summed E-state index contributed by atoms with van der Waals surface area (Å²) in [5, 5.41) is 12.4. The zero-order valence-corrected chi connectivity index (χ0v) is 10.1. The van der Waals surface area contributed by atoms with Crippen LogP contribution < -0.4 is 5.32 Å². The molecule has 1 heterocycles. The van der Waals surface area contributed by atoms with Gasteiger partial charge >= 0.3 is 5.97 Å². The Balaban J connectivity index is 2.19. The average Bonchev–Trinajstić information content (AvgIpc) is 2.80. The van der Waals surface area contributed by atoms with Gasteiger partial charge in [0.1, 0.15) is 0 Å². The van der Waals surface area contributed by atoms with Crippen molar-refractivity contribution in [3.05, 3.63) is 35.4 Å². The molecule has 3 heteroatoms. The van der Waals surface area contributed by atoms with Crippen molar-refractivity contribution in [3.63, 3.8) is 0 Å². The molecule has 2 atom stereocenters. The van der Waals surface area contributed by atoms with E-state index in [2.05, 4.69) is 29.6 Å². The van der Waals surface area contributed by atoms with Gasteiger partial charge in [-0.25, -0.2) is 0 Å². The summed E-state index contributed by atoms with van der Waals surface area (Å²) in [6.45, 7) is 3.99. The third-order valence-corrected chi connectivity index (χ3v) is 3.57. The van der Waals surface area contributed by atoms with Crippen LogP contribution in [-0.4, -0.2) is 24.2 Å². The van der Waals surface area contributed by atoms with Crippen LogP contribution in [0.5, 0.6) is 0 Å². The lowest BCUT2D eigenvalue weighted by Gasteiger charge is -2.21. The van der Waals surface area contributed by atoms with Gasteiger partial charge in [0.25, 0.3) is 0 Å². The molecule has 0 radical (unpaired) electrons. The highest BCUT2D eigenvalue weighted by Gasteiger charge is 2.27. The van der Waals surface area contributed by atoms with E-state index in [1.54, 1.807) is 0 Å². The molecule has 1 fully saturated rings. The van der Waals surface area contributed by atoms with Gasteiger partial charge in [-0.1, -0.05) is 29.8 Å². The molecule has 1 saturated heterocycles. The van der Waals surface area contributed by atoms with Crippen LogP contribution in [0.1, 0.15) is 29.9 Å². The predicted molar refractivity (Wildman–Crippen MR) is 67.1 cm³/mol. The molecule has 1 aliphatic heterocycles. The standard InChI is InChI=1S/C14H19NO2/c1-10-2-4-11(5-3-10)13(8-14(16)17)12-6-7-15-9-12/h2-5,12-13,15H,6-9H2,1H3,(H,16,17). The van der Waals surface area contributed by atoms with Crippen molar-refractivity contribution in [1.82, 2.24) is 5.32 Å². The Morgan fingerprint density at radius 1 is 1.47 bits per heavy atom. The van der Waals surface area contributed by atoms with Crippen LogP contribution >= 0.6 is 0 Å². The van der Waals surface area contributed by atoms with E-state index in [9.17, 15) is 4.79 Å². The largest absolute Gasteiger partial charge is 0.481 e. The number of carbonyl (C=O) groups is 1. The van der Waals surface area contributed by atoms with Crippen LogP contribution in [0.4, 0.5) is 0 Å². The third-order valence-electron chi connectivity index (χ3n) is 3.57. The minimum absolute atomic E-state index is 0.142. The smallest absolute Gasteiger partial charge is 0.303 e. The van der Waals surface area contributed by atoms with Crippen LogP contribution in [0.15, 0.2) is 24.3 Å². The molecule has 2 unspecified atom stereocenters. The Labute approximate surface area is 102 Å². The lowest BCUT2D eigenvalue weighted by molar-refractivity contribution is -0.137. The molecule has 0 aromatic heterocycles. The van der Waals surface area contributed by atoms with Gasteiger partial charge in [-0.15, -0.1) is 0 Å². The first-order valence-electron chi connectivity index (χ1n) is 6.16. The summed E-state index contributed by atoms with van der Waals surface area (Å²) in [7, 11) is 0. The maximum atomic E-state index is 11.0. The Morgan fingerprint density at radius 3 is 2.71 bits per heavy atom. The summed E-state index contributed by atoms with van der Waals surface area (Å²) in [5.74, 6) is -0.112. The zero-order chi connectivity index (χ0) is 12.3. The number of hydrogen-bond acceptors (Lipinski definition) is 2. The fourth-order valence-corrected chi connectivity index (χ4v) is 2.58. The molecule has 1 aromatic rings. The van der Waals surface area contributed by atoms with Gasteiger partial charge in [-0.2, -0.15) is 0 Å². The molecule has 0 saturated carbocycles. The van der Waals surface area contributed by atoms with Crippen molar-refractivity contribution in [1.29, 1.82) is 0 Å². The number of hydrogen-bond donors (Lipinski definition) is 2. The highest BCUT2D eigenvalue weighted by Crippen LogP contribution is 2.32. The topological polar surface area (TPSA) is 49.3 Å². The van der Waals surface area contributed by atoms with E-state index in [0.717, 1.165) is 25.1 Å². The first-order chi connectivity index (χ1) is 8.16. The lowest BCUT2D eigenvalue weighted by Crippen LogP contribution is -2.19. The average molecular weight is 233 g/mol. The summed E-state index contributed by atoms with van der Waals surface area (Å²) in [5.41, 5.74) is 2.37. The van der Waals surface area contributed by atoms with E-state index < -0.39 is 5.97 Å². The molecule has 0 spiro atoms. The number of carboxylic acid groups (broad SMARTS) is 1. The van der Waals surface area contributed by atoms with E-state index in [4.69, 9.17) is 5.11 Å². The van der Waals surface area contributed by atoms with Crippen molar-refractivity contribution < 1.29 is 9.90 Å². The van der Waals surface area contributed by atoms with Gasteiger partial charge in [0.2, 0.25) is 0 Å². The second-order valence-corrected chi connectivity index (χ2v) is 4.87. The predicted octanol–water partition coefficient (Wildman–Crippen LogP) is 2.16. The number of aryl methyl sites for hydroxylation is 1. The first-order valence-corrected chi connectivity index (χ1v) is 6.16. The lowest BCUT2D eigenvalue weighted by atomic mass is 9.83. The van der Waals surface area contributed by atoms with Gasteiger partial charge in [0.15, 0.2) is 0 Å². The minimum Gasteiger partial charge on any atom is -0.481 e. The molecular weight excluding hydrogens is 214 g/mol. The zero-order valence-electron chi connectivity index (χ0n) is 10.1.